The highest BCUT2D eigenvalue weighted by atomic mass is 16.5. The highest BCUT2D eigenvalue weighted by Gasteiger charge is 2.11. The summed E-state index contributed by atoms with van der Waals surface area (Å²) in [7, 11) is 1.59. The molecule has 116 valence electrons. The van der Waals surface area contributed by atoms with Crippen LogP contribution in [0.1, 0.15) is 16.8 Å². The number of aromatic nitrogens is 2. The van der Waals surface area contributed by atoms with E-state index in [4.69, 9.17) is 4.74 Å². The number of carbonyl (C=O) groups is 1. The highest BCUT2D eigenvalue weighted by Crippen LogP contribution is 2.15. The first-order valence-corrected chi connectivity index (χ1v) is 6.65. The molecule has 2 rings (SSSR count). The number of carbonyl (C=O) groups excluding carboxylic acids is 1. The fourth-order valence-corrected chi connectivity index (χ4v) is 1.90. The normalized spacial score (nSPS) is 10.1. The lowest BCUT2D eigenvalue weighted by molar-refractivity contribution is -0.121. The molecule has 0 saturated carbocycles. The van der Waals surface area contributed by atoms with Crippen LogP contribution in [-0.2, 0) is 11.2 Å². The Balaban J connectivity index is 1.90. The van der Waals surface area contributed by atoms with Crippen molar-refractivity contribution in [3.05, 3.63) is 58.0 Å². The van der Waals surface area contributed by atoms with Crippen LogP contribution in [0, 0.1) is 6.92 Å². The first-order valence-electron chi connectivity index (χ1n) is 6.65. The van der Waals surface area contributed by atoms with Gasteiger partial charge < -0.3 is 9.84 Å². The standard InChI is InChI=1S/C15H18N4O3/c1-9(11-4-6-12(22-3)7-5-11)16-18-14(20)8-13-10(2)17-19-15(13)21/h4-7,16H,1,8H2,2-3H3,(H,18,20)(H2,17,19,21). The number of benzene rings is 1. The number of H-pyrrole nitrogens is 2. The van der Waals surface area contributed by atoms with Crippen molar-refractivity contribution in [3.8, 4) is 5.75 Å². The van der Waals surface area contributed by atoms with Crippen molar-refractivity contribution >= 4 is 11.6 Å². The Kier molecular flexibility index (Phi) is 4.67. The zero-order valence-corrected chi connectivity index (χ0v) is 12.4. The molecule has 7 heteroatoms. The van der Waals surface area contributed by atoms with E-state index in [-0.39, 0.29) is 17.9 Å². The second-order valence-electron chi connectivity index (χ2n) is 4.74. The van der Waals surface area contributed by atoms with Crippen molar-refractivity contribution < 1.29 is 9.53 Å². The monoisotopic (exact) mass is 302 g/mol. The van der Waals surface area contributed by atoms with Gasteiger partial charge in [0, 0.05) is 11.3 Å². The number of amides is 1. The zero-order valence-electron chi connectivity index (χ0n) is 12.4. The van der Waals surface area contributed by atoms with E-state index in [0.717, 1.165) is 11.3 Å². The topological polar surface area (TPSA) is 99.0 Å². The molecule has 7 nitrogen and oxygen atoms in total. The molecule has 2 aromatic rings. The van der Waals surface area contributed by atoms with Gasteiger partial charge in [0.25, 0.3) is 5.56 Å². The molecule has 0 aliphatic carbocycles. The number of hydrogen-bond donors (Lipinski definition) is 4. The Hall–Kier alpha value is -2.96. The molecule has 1 heterocycles. The summed E-state index contributed by atoms with van der Waals surface area (Å²) >= 11 is 0. The largest absolute Gasteiger partial charge is 0.497 e. The predicted octanol–water partition coefficient (Wildman–Crippen LogP) is 0.854. The first-order chi connectivity index (χ1) is 10.5. The smallest absolute Gasteiger partial charge is 0.267 e. The van der Waals surface area contributed by atoms with Gasteiger partial charge in [0.1, 0.15) is 5.75 Å². The van der Waals surface area contributed by atoms with Crippen LogP contribution in [0.3, 0.4) is 0 Å². The van der Waals surface area contributed by atoms with Crippen LogP contribution < -0.4 is 21.1 Å². The quantitative estimate of drug-likeness (QED) is 0.595. The Morgan fingerprint density at radius 2 is 1.91 bits per heavy atom. The van der Waals surface area contributed by atoms with Crippen LogP contribution in [0.25, 0.3) is 5.70 Å². The van der Waals surface area contributed by atoms with E-state index in [1.807, 2.05) is 12.1 Å². The van der Waals surface area contributed by atoms with Gasteiger partial charge in [-0.25, -0.2) is 0 Å². The molecule has 1 amide bonds. The maximum absolute atomic E-state index is 11.8. The van der Waals surface area contributed by atoms with Crippen molar-refractivity contribution in [2.75, 3.05) is 7.11 Å². The van der Waals surface area contributed by atoms with Crippen molar-refractivity contribution in [1.82, 2.24) is 21.0 Å². The zero-order chi connectivity index (χ0) is 16.1. The molecule has 0 bridgehead atoms. The van der Waals surface area contributed by atoms with Gasteiger partial charge in [-0.15, -0.1) is 0 Å². The summed E-state index contributed by atoms with van der Waals surface area (Å²) in [6.45, 7) is 5.57. The second kappa shape index (κ2) is 6.66. The lowest BCUT2D eigenvalue weighted by Gasteiger charge is -2.11. The number of methoxy groups -OCH3 is 1. The van der Waals surface area contributed by atoms with Crippen LogP contribution in [0.4, 0.5) is 0 Å². The second-order valence-corrected chi connectivity index (χ2v) is 4.74. The molecule has 0 unspecified atom stereocenters. The molecular weight excluding hydrogens is 284 g/mol. The number of hydrogen-bond acceptors (Lipinski definition) is 4. The van der Waals surface area contributed by atoms with Crippen LogP contribution in [-0.4, -0.2) is 23.2 Å². The Morgan fingerprint density at radius 3 is 2.45 bits per heavy atom. The highest BCUT2D eigenvalue weighted by molar-refractivity contribution is 5.79. The van der Waals surface area contributed by atoms with Gasteiger partial charge in [0.15, 0.2) is 0 Å². The van der Waals surface area contributed by atoms with Crippen molar-refractivity contribution in [2.45, 2.75) is 13.3 Å². The van der Waals surface area contributed by atoms with Gasteiger partial charge in [0.05, 0.1) is 19.2 Å². The van der Waals surface area contributed by atoms with Crippen LogP contribution in [0.2, 0.25) is 0 Å². The first kappa shape index (κ1) is 15.4. The summed E-state index contributed by atoms with van der Waals surface area (Å²) in [5.41, 5.74) is 7.37. The van der Waals surface area contributed by atoms with Gasteiger partial charge >= 0.3 is 0 Å². The molecular formula is C15H18N4O3. The third-order valence-electron chi connectivity index (χ3n) is 3.22. The Morgan fingerprint density at radius 1 is 1.23 bits per heavy atom. The van der Waals surface area contributed by atoms with Crippen LogP contribution in [0.15, 0.2) is 35.6 Å². The molecule has 0 atom stereocenters. The van der Waals surface area contributed by atoms with Crippen molar-refractivity contribution in [1.29, 1.82) is 0 Å². The van der Waals surface area contributed by atoms with Gasteiger partial charge in [-0.3, -0.25) is 25.5 Å². The minimum atomic E-state index is -0.331. The lowest BCUT2D eigenvalue weighted by Crippen LogP contribution is -2.37. The van der Waals surface area contributed by atoms with Crippen molar-refractivity contribution in [2.24, 2.45) is 0 Å². The van der Waals surface area contributed by atoms with E-state index in [9.17, 15) is 9.59 Å². The van der Waals surface area contributed by atoms with Gasteiger partial charge in [-0.2, -0.15) is 0 Å². The summed E-state index contributed by atoms with van der Waals surface area (Å²) < 4.78 is 5.07. The van der Waals surface area contributed by atoms with Crippen LogP contribution >= 0.6 is 0 Å². The molecule has 0 aliphatic rings. The number of rotatable bonds is 6. The third kappa shape index (κ3) is 3.57. The van der Waals surface area contributed by atoms with Gasteiger partial charge in [-0.1, -0.05) is 6.58 Å². The molecule has 4 N–H and O–H groups in total. The number of hydrazine groups is 1. The summed E-state index contributed by atoms with van der Waals surface area (Å²) in [4.78, 5) is 23.3. The minimum Gasteiger partial charge on any atom is -0.497 e. The average molecular weight is 302 g/mol. The summed E-state index contributed by atoms with van der Waals surface area (Å²) in [5.74, 6) is 0.408. The van der Waals surface area contributed by atoms with E-state index < -0.39 is 0 Å². The third-order valence-corrected chi connectivity index (χ3v) is 3.22. The summed E-state index contributed by atoms with van der Waals surface area (Å²) in [5, 5.41) is 5.11. The predicted molar refractivity (Wildman–Crippen MR) is 83.2 cm³/mol. The van der Waals surface area contributed by atoms with Crippen molar-refractivity contribution in [3.63, 3.8) is 0 Å². The molecule has 0 fully saturated rings. The van der Waals surface area contributed by atoms with Crippen LogP contribution in [0.5, 0.6) is 5.75 Å². The molecule has 0 spiro atoms. The number of aromatic amines is 2. The van der Waals surface area contributed by atoms with E-state index in [1.165, 1.54) is 0 Å². The lowest BCUT2D eigenvalue weighted by atomic mass is 10.2. The Bertz CT molecular complexity index is 728. The molecule has 22 heavy (non-hydrogen) atoms. The van der Waals surface area contributed by atoms with Gasteiger partial charge in [-0.05, 0) is 36.8 Å². The Labute approximate surface area is 127 Å². The van der Waals surface area contributed by atoms with Gasteiger partial charge in [0.2, 0.25) is 5.91 Å². The average Bonchev–Trinajstić information content (AvgIpc) is 2.84. The maximum Gasteiger partial charge on any atom is 0.267 e. The van der Waals surface area contributed by atoms with E-state index >= 15 is 0 Å². The molecule has 0 aliphatic heterocycles. The molecule has 0 radical (unpaired) electrons. The fraction of sp³-hybridized carbons (Fsp3) is 0.200. The SMILES string of the molecule is C=C(NNC(=O)Cc1c(C)[nH][nH]c1=O)c1ccc(OC)cc1. The summed E-state index contributed by atoms with van der Waals surface area (Å²) in [6, 6.07) is 7.24. The van der Waals surface area contributed by atoms with E-state index in [1.54, 1.807) is 26.2 Å². The molecule has 1 aromatic carbocycles. The van der Waals surface area contributed by atoms with E-state index in [0.29, 0.717) is 17.0 Å². The number of nitrogens with one attached hydrogen (secondary N) is 4. The number of aryl methyl sites for hydroxylation is 1. The fourth-order valence-electron chi connectivity index (χ4n) is 1.90. The number of ether oxygens (including phenoxy) is 1. The minimum absolute atomic E-state index is 0.0203. The summed E-state index contributed by atoms with van der Waals surface area (Å²) in [6.07, 6.45) is -0.0203. The maximum atomic E-state index is 11.8. The molecule has 1 aromatic heterocycles. The van der Waals surface area contributed by atoms with E-state index in [2.05, 4.69) is 27.6 Å². The molecule has 0 saturated heterocycles.